The Balaban J connectivity index is 4.55. The monoisotopic (exact) mass is 434 g/mol. The second-order valence-corrected chi connectivity index (χ2v) is 8.58. The maximum atomic E-state index is 13.4. The number of rotatable bonds is 11. The van der Waals surface area contributed by atoms with Crippen LogP contribution in [-0.4, -0.2) is 76.4 Å². The summed E-state index contributed by atoms with van der Waals surface area (Å²) in [7, 11) is -1.14. The van der Waals surface area contributed by atoms with Gasteiger partial charge in [0.2, 0.25) is 10.0 Å². The average Bonchev–Trinajstić information content (AvgIpc) is 2.39. The Kier molecular flexibility index (Phi) is 8.52. The Hall–Kier alpha value is -1.15. The number of hydrogen-bond acceptors (Lipinski definition) is 4. The molecular formula is C13H21F7N2O4S. The van der Waals surface area contributed by atoms with Crippen molar-refractivity contribution >= 4 is 16.0 Å². The first-order chi connectivity index (χ1) is 11.8. The molecule has 0 aliphatic rings. The molecule has 0 saturated carbocycles. The lowest BCUT2D eigenvalue weighted by Crippen LogP contribution is -2.53. The highest BCUT2D eigenvalue weighted by Gasteiger charge is 2.71. The number of alkyl halides is 7. The van der Waals surface area contributed by atoms with E-state index in [0.717, 1.165) is 0 Å². The molecule has 0 aromatic rings. The van der Waals surface area contributed by atoms with Crippen LogP contribution in [0.25, 0.3) is 0 Å². The largest absolute Gasteiger partial charge is 0.544 e. The van der Waals surface area contributed by atoms with Crippen LogP contribution in [-0.2, 0) is 14.8 Å². The van der Waals surface area contributed by atoms with Crippen LogP contribution in [0.4, 0.5) is 30.7 Å². The van der Waals surface area contributed by atoms with Crippen molar-refractivity contribution in [2.24, 2.45) is 0 Å². The fraction of sp³-hybridized carbons (Fsp3) is 0.923. The summed E-state index contributed by atoms with van der Waals surface area (Å²) in [5.41, 5.74) is -5.48. The van der Waals surface area contributed by atoms with Gasteiger partial charge in [-0.2, -0.15) is 26.3 Å². The number of nitrogens with zero attached hydrogens (tertiary/aromatic N) is 1. The second-order valence-electron chi connectivity index (χ2n) is 6.66. The minimum Gasteiger partial charge on any atom is -0.544 e. The highest BCUT2D eigenvalue weighted by Crippen LogP contribution is 2.48. The van der Waals surface area contributed by atoms with Crippen LogP contribution in [0.2, 0.25) is 0 Å². The zero-order valence-corrected chi connectivity index (χ0v) is 15.4. The van der Waals surface area contributed by atoms with Gasteiger partial charge < -0.3 is 14.4 Å². The predicted octanol–water partition coefficient (Wildman–Crippen LogP) is 0.735. The van der Waals surface area contributed by atoms with Crippen LogP contribution in [0.3, 0.4) is 0 Å². The van der Waals surface area contributed by atoms with E-state index in [1.807, 2.05) is 4.72 Å². The average molecular weight is 434 g/mol. The van der Waals surface area contributed by atoms with Crippen molar-refractivity contribution in [1.82, 2.24) is 4.72 Å². The molecule has 0 radical (unpaired) electrons. The highest BCUT2D eigenvalue weighted by atomic mass is 32.2. The SMILES string of the molecule is C[N+](C)(CCCNS(=O)(=O)CCCC(F)(C(F)(F)F)C(F)(F)F)CC(=O)[O-]. The molecule has 0 aromatic carbocycles. The molecule has 0 unspecified atom stereocenters. The van der Waals surface area contributed by atoms with Crippen molar-refractivity contribution in [3.05, 3.63) is 0 Å². The van der Waals surface area contributed by atoms with Gasteiger partial charge in [0.25, 0.3) is 5.67 Å². The summed E-state index contributed by atoms with van der Waals surface area (Å²) < 4.78 is 113. The summed E-state index contributed by atoms with van der Waals surface area (Å²) in [6, 6.07) is 0. The topological polar surface area (TPSA) is 86.3 Å². The van der Waals surface area contributed by atoms with E-state index in [1.54, 1.807) is 14.1 Å². The maximum absolute atomic E-state index is 13.4. The number of sulfonamides is 1. The molecule has 6 nitrogen and oxygen atoms in total. The summed E-state index contributed by atoms with van der Waals surface area (Å²) in [6.45, 7) is -0.331. The van der Waals surface area contributed by atoms with Crippen molar-refractivity contribution in [2.75, 3.05) is 39.5 Å². The molecule has 0 spiro atoms. The zero-order chi connectivity index (χ0) is 21.7. The minimum absolute atomic E-state index is 0.0222. The number of quaternary nitrogens is 1. The van der Waals surface area contributed by atoms with Crippen molar-refractivity contribution in [2.45, 2.75) is 37.3 Å². The number of hydrogen-bond donors (Lipinski definition) is 1. The Morgan fingerprint density at radius 2 is 1.48 bits per heavy atom. The molecular weight excluding hydrogens is 413 g/mol. The summed E-state index contributed by atoms with van der Waals surface area (Å²) in [4.78, 5) is 10.5. The second kappa shape index (κ2) is 8.90. The van der Waals surface area contributed by atoms with Gasteiger partial charge in [0.1, 0.15) is 6.54 Å². The van der Waals surface area contributed by atoms with E-state index in [0.29, 0.717) is 0 Å². The van der Waals surface area contributed by atoms with E-state index in [9.17, 15) is 49.1 Å². The third-order valence-electron chi connectivity index (χ3n) is 3.65. The van der Waals surface area contributed by atoms with E-state index in [1.165, 1.54) is 0 Å². The summed E-state index contributed by atoms with van der Waals surface area (Å²) >= 11 is 0. The van der Waals surface area contributed by atoms with Gasteiger partial charge in [0, 0.05) is 19.4 Å². The van der Waals surface area contributed by atoms with Crippen LogP contribution < -0.4 is 9.83 Å². The molecule has 27 heavy (non-hydrogen) atoms. The predicted molar refractivity (Wildman–Crippen MR) is 78.4 cm³/mol. The number of aliphatic carboxylic acids is 1. The smallest absolute Gasteiger partial charge is 0.431 e. The van der Waals surface area contributed by atoms with Gasteiger partial charge in [0.15, 0.2) is 0 Å². The van der Waals surface area contributed by atoms with Gasteiger partial charge in [-0.15, -0.1) is 0 Å². The molecule has 0 bridgehead atoms. The number of halogens is 7. The van der Waals surface area contributed by atoms with E-state index in [2.05, 4.69) is 0 Å². The first-order valence-corrected chi connectivity index (χ1v) is 9.30. The van der Waals surface area contributed by atoms with E-state index >= 15 is 0 Å². The molecule has 0 heterocycles. The zero-order valence-electron chi connectivity index (χ0n) is 14.6. The first-order valence-electron chi connectivity index (χ1n) is 7.64. The van der Waals surface area contributed by atoms with Crippen LogP contribution >= 0.6 is 0 Å². The molecule has 14 heteroatoms. The maximum Gasteiger partial charge on any atom is 0.431 e. The van der Waals surface area contributed by atoms with Crippen LogP contribution in [0, 0.1) is 0 Å². The minimum atomic E-state index is -6.22. The Morgan fingerprint density at radius 3 is 1.89 bits per heavy atom. The third kappa shape index (κ3) is 8.60. The molecule has 0 atom stereocenters. The number of nitrogens with one attached hydrogen (secondary N) is 1. The lowest BCUT2D eigenvalue weighted by Gasteiger charge is -2.30. The lowest BCUT2D eigenvalue weighted by molar-refractivity contribution is -0.884. The molecule has 162 valence electrons. The Bertz CT molecular complexity index is 589. The van der Waals surface area contributed by atoms with E-state index in [-0.39, 0.29) is 30.5 Å². The van der Waals surface area contributed by atoms with Gasteiger partial charge in [-0.05, 0) is 6.42 Å². The highest BCUT2D eigenvalue weighted by molar-refractivity contribution is 7.89. The normalized spacial score (nSPS) is 14.4. The molecule has 0 aliphatic carbocycles. The number of carboxylic acids is 1. The lowest BCUT2D eigenvalue weighted by atomic mass is 9.99. The van der Waals surface area contributed by atoms with E-state index < -0.39 is 52.6 Å². The molecule has 0 amide bonds. The number of carboxylic acid groups (broad SMARTS) is 1. The molecule has 0 aliphatic heterocycles. The summed E-state index contributed by atoms with van der Waals surface area (Å²) in [5.74, 6) is -2.44. The van der Waals surface area contributed by atoms with Crippen molar-refractivity contribution < 1.29 is 53.5 Å². The van der Waals surface area contributed by atoms with Gasteiger partial charge in [0.05, 0.1) is 32.4 Å². The standard InChI is InChI=1S/C13H21F7N2O4S/c1-22(2,9-10(23)24)7-4-6-21-27(25,26)8-3-5-11(14,12(15,16)17)13(18,19)20/h21H,3-9H2,1-2H3. The first kappa shape index (κ1) is 25.9. The summed E-state index contributed by atoms with van der Waals surface area (Å²) in [5, 5.41) is 10.5. The fourth-order valence-electron chi connectivity index (χ4n) is 2.19. The van der Waals surface area contributed by atoms with Gasteiger partial charge >= 0.3 is 12.4 Å². The van der Waals surface area contributed by atoms with Crippen LogP contribution in [0.15, 0.2) is 0 Å². The Labute approximate surface area is 152 Å². The summed E-state index contributed by atoms with van der Waals surface area (Å²) in [6.07, 6.45) is -15.6. The van der Waals surface area contributed by atoms with Crippen LogP contribution in [0.5, 0.6) is 0 Å². The fourth-order valence-corrected chi connectivity index (χ4v) is 3.31. The van der Waals surface area contributed by atoms with Crippen molar-refractivity contribution in [3.63, 3.8) is 0 Å². The quantitative estimate of drug-likeness (QED) is 0.295. The number of carbonyl (C=O) groups excluding carboxylic acids is 1. The number of likely N-dealkylation sites (N-methyl/N-ethyl adjacent to an activating group) is 1. The van der Waals surface area contributed by atoms with Gasteiger partial charge in [-0.3, -0.25) is 0 Å². The van der Waals surface area contributed by atoms with Crippen LogP contribution in [0.1, 0.15) is 19.3 Å². The van der Waals surface area contributed by atoms with Gasteiger partial charge in [-0.1, -0.05) is 0 Å². The van der Waals surface area contributed by atoms with E-state index in [4.69, 9.17) is 0 Å². The molecule has 0 fully saturated rings. The third-order valence-corrected chi connectivity index (χ3v) is 5.12. The van der Waals surface area contributed by atoms with Crippen molar-refractivity contribution in [1.29, 1.82) is 0 Å². The molecule has 0 saturated heterocycles. The van der Waals surface area contributed by atoms with Gasteiger partial charge in [-0.25, -0.2) is 17.5 Å². The molecule has 0 aromatic heterocycles. The van der Waals surface area contributed by atoms with Crippen molar-refractivity contribution in [3.8, 4) is 0 Å². The molecule has 1 N–H and O–H groups in total. The number of carbonyl (C=O) groups is 1. The molecule has 0 rings (SSSR count). The Morgan fingerprint density at radius 1 is 1.00 bits per heavy atom.